The molecule has 1 atom stereocenters. The largest absolute Gasteiger partial charge is 0.362 e. The Morgan fingerprint density at radius 1 is 1.35 bits per heavy atom. The van der Waals surface area contributed by atoms with Gasteiger partial charge in [0.1, 0.15) is 11.6 Å². The Balaban J connectivity index is 1.89. The lowest BCUT2D eigenvalue weighted by Gasteiger charge is -2.02. The van der Waals surface area contributed by atoms with Crippen molar-refractivity contribution in [3.63, 3.8) is 0 Å². The molecule has 5 heteroatoms. The van der Waals surface area contributed by atoms with Crippen molar-refractivity contribution in [2.24, 2.45) is 4.99 Å². The second-order valence-corrected chi connectivity index (χ2v) is 5.08. The van der Waals surface area contributed by atoms with E-state index in [2.05, 4.69) is 17.2 Å². The molecule has 0 bridgehead atoms. The predicted molar refractivity (Wildman–Crippen MR) is 67.4 cm³/mol. The van der Waals surface area contributed by atoms with Crippen LogP contribution >= 0.6 is 11.8 Å². The van der Waals surface area contributed by atoms with Gasteiger partial charge in [0, 0.05) is 24.4 Å². The Labute approximate surface area is 104 Å². The summed E-state index contributed by atoms with van der Waals surface area (Å²) in [5.41, 5.74) is 0.642. The molecule has 92 valence electrons. The number of amidine groups is 1. The summed E-state index contributed by atoms with van der Waals surface area (Å²) in [6, 6.07) is 4.03. The molecule has 1 aliphatic heterocycles. The highest BCUT2D eigenvalue weighted by atomic mass is 32.2. The van der Waals surface area contributed by atoms with Gasteiger partial charge < -0.3 is 5.32 Å². The van der Waals surface area contributed by atoms with E-state index in [-0.39, 0.29) is 0 Å². The fourth-order valence-electron chi connectivity index (χ4n) is 1.63. The molecule has 1 fully saturated rings. The topological polar surface area (TPSA) is 24.4 Å². The maximum absolute atomic E-state index is 12.9. The summed E-state index contributed by atoms with van der Waals surface area (Å²) in [6.45, 7) is 2.64. The summed E-state index contributed by atoms with van der Waals surface area (Å²) in [5, 5.41) is 4.15. The average molecular weight is 256 g/mol. The van der Waals surface area contributed by atoms with E-state index in [0.717, 1.165) is 17.0 Å². The van der Waals surface area contributed by atoms with Crippen LogP contribution in [0.3, 0.4) is 0 Å². The monoisotopic (exact) mass is 256 g/mol. The third kappa shape index (κ3) is 3.70. The molecule has 2 nitrogen and oxygen atoms in total. The van der Waals surface area contributed by atoms with E-state index in [1.54, 1.807) is 11.8 Å². The molecule has 0 aromatic heterocycles. The van der Waals surface area contributed by atoms with Crippen LogP contribution in [0.1, 0.15) is 12.5 Å². The number of aliphatic imine (C=N–C) groups is 1. The van der Waals surface area contributed by atoms with Gasteiger partial charge in [0.05, 0.1) is 0 Å². The number of halogens is 2. The standard InChI is InChI=1S/C12H14F2N2S/c1-8-7-17-12(16-8)15-3-2-9-4-10(13)6-11(14)5-9/h4-6,8H,2-3,7H2,1H3,(H,15,16). The van der Waals surface area contributed by atoms with Crippen LogP contribution in [-0.2, 0) is 6.42 Å². The lowest BCUT2D eigenvalue weighted by atomic mass is 10.1. The fraction of sp³-hybridized carbons (Fsp3) is 0.417. The quantitative estimate of drug-likeness (QED) is 0.899. The predicted octanol–water partition coefficient (Wildman–Crippen LogP) is 2.59. The zero-order valence-electron chi connectivity index (χ0n) is 9.54. The number of nitrogens with zero attached hydrogens (tertiary/aromatic N) is 1. The van der Waals surface area contributed by atoms with Gasteiger partial charge in [-0.1, -0.05) is 11.8 Å². The van der Waals surface area contributed by atoms with Crippen LogP contribution in [-0.4, -0.2) is 23.5 Å². The molecule has 0 spiro atoms. The Kier molecular flexibility index (Phi) is 3.99. The van der Waals surface area contributed by atoms with Crippen LogP contribution in [0.25, 0.3) is 0 Å². The van der Waals surface area contributed by atoms with Crippen molar-refractivity contribution >= 4 is 16.9 Å². The first kappa shape index (κ1) is 12.4. The molecule has 0 amide bonds. The summed E-state index contributed by atoms with van der Waals surface area (Å²) in [4.78, 5) is 4.35. The van der Waals surface area contributed by atoms with Gasteiger partial charge in [-0.15, -0.1) is 0 Å². The molecule has 2 rings (SSSR count). The van der Waals surface area contributed by atoms with E-state index in [1.807, 2.05) is 0 Å². The van der Waals surface area contributed by atoms with Crippen LogP contribution in [0, 0.1) is 11.6 Å². The molecule has 17 heavy (non-hydrogen) atoms. The van der Waals surface area contributed by atoms with Crippen LogP contribution in [0.2, 0.25) is 0 Å². The minimum Gasteiger partial charge on any atom is -0.362 e. The summed E-state index contributed by atoms with van der Waals surface area (Å²) >= 11 is 1.68. The van der Waals surface area contributed by atoms with E-state index >= 15 is 0 Å². The second kappa shape index (κ2) is 5.49. The number of thioether (sulfide) groups is 1. The lowest BCUT2D eigenvalue weighted by molar-refractivity contribution is 0.579. The third-order valence-electron chi connectivity index (χ3n) is 2.42. The van der Waals surface area contributed by atoms with E-state index in [0.29, 0.717) is 24.6 Å². The van der Waals surface area contributed by atoms with Gasteiger partial charge in [0.2, 0.25) is 0 Å². The van der Waals surface area contributed by atoms with Gasteiger partial charge >= 0.3 is 0 Å². The second-order valence-electron chi connectivity index (χ2n) is 4.07. The molecule has 1 N–H and O–H groups in total. The Morgan fingerprint density at radius 3 is 2.65 bits per heavy atom. The Bertz CT molecular complexity index is 414. The average Bonchev–Trinajstić information content (AvgIpc) is 2.63. The minimum atomic E-state index is -0.533. The van der Waals surface area contributed by atoms with Crippen LogP contribution < -0.4 is 5.32 Å². The van der Waals surface area contributed by atoms with Gasteiger partial charge in [0.25, 0.3) is 0 Å². The maximum atomic E-state index is 12.9. The first-order valence-corrected chi connectivity index (χ1v) is 6.51. The third-order valence-corrected chi connectivity index (χ3v) is 3.61. The van der Waals surface area contributed by atoms with Crippen molar-refractivity contribution in [2.45, 2.75) is 19.4 Å². The van der Waals surface area contributed by atoms with Gasteiger partial charge in [-0.25, -0.2) is 8.78 Å². The maximum Gasteiger partial charge on any atom is 0.156 e. The smallest absolute Gasteiger partial charge is 0.156 e. The number of benzene rings is 1. The summed E-state index contributed by atoms with van der Waals surface area (Å²) in [6.07, 6.45) is 0.550. The minimum absolute atomic E-state index is 0.449. The molecular formula is C12H14F2N2S. The molecule has 1 aliphatic rings. The molecule has 1 heterocycles. The van der Waals surface area contributed by atoms with Crippen molar-refractivity contribution in [3.05, 3.63) is 35.4 Å². The summed E-state index contributed by atoms with van der Waals surface area (Å²) in [7, 11) is 0. The highest BCUT2D eigenvalue weighted by Gasteiger charge is 2.14. The van der Waals surface area contributed by atoms with Gasteiger partial charge in [-0.05, 0) is 31.0 Å². The molecule has 1 aromatic carbocycles. The van der Waals surface area contributed by atoms with Crippen LogP contribution in [0.4, 0.5) is 8.78 Å². The molecule has 1 aromatic rings. The lowest BCUT2D eigenvalue weighted by Crippen LogP contribution is -2.23. The van der Waals surface area contributed by atoms with Crippen LogP contribution in [0.15, 0.2) is 23.2 Å². The highest BCUT2D eigenvalue weighted by Crippen LogP contribution is 2.13. The van der Waals surface area contributed by atoms with E-state index in [9.17, 15) is 8.78 Å². The Morgan fingerprint density at radius 2 is 2.06 bits per heavy atom. The van der Waals surface area contributed by atoms with Gasteiger partial charge in [-0.3, -0.25) is 4.99 Å². The Hall–Kier alpha value is -1.10. The van der Waals surface area contributed by atoms with Gasteiger partial charge in [-0.2, -0.15) is 0 Å². The van der Waals surface area contributed by atoms with Crippen LogP contribution in [0.5, 0.6) is 0 Å². The molecule has 0 saturated carbocycles. The SMILES string of the molecule is CC1CSC(=NCCc2cc(F)cc(F)c2)N1. The molecule has 0 radical (unpaired) electrons. The van der Waals surface area contributed by atoms with E-state index in [1.165, 1.54) is 12.1 Å². The number of hydrogen-bond acceptors (Lipinski definition) is 2. The van der Waals surface area contributed by atoms with E-state index in [4.69, 9.17) is 0 Å². The summed E-state index contributed by atoms with van der Waals surface area (Å²) in [5.74, 6) is -0.0442. The number of rotatable bonds is 3. The fourth-order valence-corrected chi connectivity index (χ4v) is 2.59. The van der Waals surface area contributed by atoms with Crippen molar-refractivity contribution in [1.29, 1.82) is 0 Å². The molecule has 1 unspecified atom stereocenters. The normalized spacial score (nSPS) is 21.8. The van der Waals surface area contributed by atoms with Crippen molar-refractivity contribution in [1.82, 2.24) is 5.32 Å². The van der Waals surface area contributed by atoms with Crippen molar-refractivity contribution < 1.29 is 8.78 Å². The van der Waals surface area contributed by atoms with Crippen molar-refractivity contribution in [2.75, 3.05) is 12.3 Å². The summed E-state index contributed by atoms with van der Waals surface area (Å²) < 4.78 is 25.8. The molecule has 1 saturated heterocycles. The van der Waals surface area contributed by atoms with Gasteiger partial charge in [0.15, 0.2) is 5.17 Å². The molecule has 0 aliphatic carbocycles. The zero-order chi connectivity index (χ0) is 12.3. The van der Waals surface area contributed by atoms with Crippen molar-refractivity contribution in [3.8, 4) is 0 Å². The number of hydrogen-bond donors (Lipinski definition) is 1. The number of nitrogens with one attached hydrogen (secondary N) is 1. The first-order chi connectivity index (χ1) is 8.13. The first-order valence-electron chi connectivity index (χ1n) is 5.52. The molecular weight excluding hydrogens is 242 g/mol. The zero-order valence-corrected chi connectivity index (χ0v) is 10.4. The highest BCUT2D eigenvalue weighted by molar-refractivity contribution is 8.14. The van der Waals surface area contributed by atoms with E-state index < -0.39 is 11.6 Å².